The maximum absolute atomic E-state index is 11.1. The van der Waals surface area contributed by atoms with Gasteiger partial charge >= 0.3 is 0 Å². The van der Waals surface area contributed by atoms with Crippen molar-refractivity contribution >= 4 is 40.4 Å². The molecule has 0 aliphatic heterocycles. The van der Waals surface area contributed by atoms with E-state index >= 15 is 0 Å². The van der Waals surface area contributed by atoms with E-state index in [4.69, 9.17) is 23.2 Å². The fourth-order valence-corrected chi connectivity index (χ4v) is 3.02. The van der Waals surface area contributed by atoms with E-state index in [1.807, 2.05) is 35.9 Å². The fourth-order valence-electron chi connectivity index (χ4n) is 2.69. The van der Waals surface area contributed by atoms with Crippen molar-refractivity contribution < 1.29 is 9.90 Å². The summed E-state index contributed by atoms with van der Waals surface area (Å²) in [4.78, 5) is 11.1. The first kappa shape index (κ1) is 14.9. The van der Waals surface area contributed by atoms with Crippen molar-refractivity contribution in [2.45, 2.75) is 13.0 Å². The third-order valence-corrected chi connectivity index (χ3v) is 4.58. The zero-order valence-corrected chi connectivity index (χ0v) is 13.3. The number of aromatic hydroxyl groups is 1. The van der Waals surface area contributed by atoms with Crippen molar-refractivity contribution in [3.63, 3.8) is 0 Å². The Labute approximate surface area is 137 Å². The van der Waals surface area contributed by atoms with Gasteiger partial charge in [-0.05, 0) is 25.1 Å². The van der Waals surface area contributed by atoms with Crippen LogP contribution in [0.1, 0.15) is 28.9 Å². The second kappa shape index (κ2) is 5.67. The highest BCUT2D eigenvalue weighted by Gasteiger charge is 2.17. The Morgan fingerprint density at radius 1 is 1.18 bits per heavy atom. The number of carbonyl (C=O) groups excluding carboxylic acids is 1. The van der Waals surface area contributed by atoms with Crippen molar-refractivity contribution in [2.24, 2.45) is 0 Å². The lowest BCUT2D eigenvalue weighted by atomic mass is 10.1. The molecule has 1 N–H and O–H groups in total. The molecule has 0 radical (unpaired) electrons. The van der Waals surface area contributed by atoms with Gasteiger partial charge in [0.1, 0.15) is 5.75 Å². The summed E-state index contributed by atoms with van der Waals surface area (Å²) >= 11 is 12.0. The van der Waals surface area contributed by atoms with Crippen LogP contribution in [0.3, 0.4) is 0 Å². The van der Waals surface area contributed by atoms with Gasteiger partial charge in [0.15, 0.2) is 6.29 Å². The fraction of sp³-hybridized carbons (Fsp3) is 0.118. The number of phenolic OH excluding ortho intramolecular Hbond substituents is 1. The molecular weight excluding hydrogens is 321 g/mol. The molecule has 112 valence electrons. The molecule has 1 heterocycles. The second-order valence-corrected chi connectivity index (χ2v) is 5.94. The third kappa shape index (κ3) is 2.36. The van der Waals surface area contributed by atoms with Crippen LogP contribution in [0.25, 0.3) is 10.9 Å². The third-order valence-electron chi connectivity index (χ3n) is 3.86. The normalized spacial score (nSPS) is 12.5. The summed E-state index contributed by atoms with van der Waals surface area (Å²) in [5, 5.41) is 11.7. The van der Waals surface area contributed by atoms with Crippen LogP contribution < -0.4 is 0 Å². The van der Waals surface area contributed by atoms with Crippen LogP contribution in [0.4, 0.5) is 0 Å². The Balaban J connectivity index is 2.16. The number of aldehydes is 1. The smallest absolute Gasteiger partial charge is 0.150 e. The second-order valence-electron chi connectivity index (χ2n) is 5.12. The highest BCUT2D eigenvalue weighted by atomic mass is 35.5. The lowest BCUT2D eigenvalue weighted by molar-refractivity contribution is 0.112. The molecule has 3 rings (SSSR count). The molecule has 1 aromatic heterocycles. The van der Waals surface area contributed by atoms with Crippen molar-refractivity contribution in [2.75, 3.05) is 0 Å². The Morgan fingerprint density at radius 2 is 1.91 bits per heavy atom. The minimum absolute atomic E-state index is 0.0929. The summed E-state index contributed by atoms with van der Waals surface area (Å²) in [6.07, 6.45) is 2.73. The molecule has 0 spiro atoms. The molecule has 0 amide bonds. The summed E-state index contributed by atoms with van der Waals surface area (Å²) in [6, 6.07) is 10.4. The van der Waals surface area contributed by atoms with E-state index in [1.54, 1.807) is 12.1 Å². The van der Waals surface area contributed by atoms with Gasteiger partial charge in [-0.25, -0.2) is 0 Å². The highest BCUT2D eigenvalue weighted by molar-refractivity contribution is 6.42. The number of fused-ring (bicyclic) bond motifs is 1. The van der Waals surface area contributed by atoms with E-state index in [-0.39, 0.29) is 11.8 Å². The van der Waals surface area contributed by atoms with Crippen molar-refractivity contribution in [3.8, 4) is 5.75 Å². The van der Waals surface area contributed by atoms with Crippen LogP contribution >= 0.6 is 23.2 Å². The van der Waals surface area contributed by atoms with Gasteiger partial charge in [0.2, 0.25) is 0 Å². The van der Waals surface area contributed by atoms with Crippen LogP contribution in [0, 0.1) is 0 Å². The number of nitrogens with zero attached hydrogens (tertiary/aromatic N) is 1. The molecule has 5 heteroatoms. The molecule has 0 saturated carbocycles. The molecule has 0 aliphatic carbocycles. The first-order valence-electron chi connectivity index (χ1n) is 6.75. The quantitative estimate of drug-likeness (QED) is 0.679. The molecule has 0 bridgehead atoms. The predicted molar refractivity (Wildman–Crippen MR) is 89.3 cm³/mol. The minimum Gasteiger partial charge on any atom is -0.508 e. The van der Waals surface area contributed by atoms with E-state index < -0.39 is 0 Å². The first-order chi connectivity index (χ1) is 10.5. The summed E-state index contributed by atoms with van der Waals surface area (Å²) < 4.78 is 1.99. The van der Waals surface area contributed by atoms with Gasteiger partial charge in [-0.1, -0.05) is 35.3 Å². The van der Waals surface area contributed by atoms with Gasteiger partial charge < -0.3 is 9.67 Å². The van der Waals surface area contributed by atoms with Crippen LogP contribution in [0.2, 0.25) is 10.0 Å². The molecule has 0 saturated heterocycles. The van der Waals surface area contributed by atoms with Crippen LogP contribution in [0.15, 0.2) is 42.6 Å². The van der Waals surface area contributed by atoms with Gasteiger partial charge in [0.25, 0.3) is 0 Å². The lowest BCUT2D eigenvalue weighted by Crippen LogP contribution is -2.06. The lowest BCUT2D eigenvalue weighted by Gasteiger charge is -2.18. The van der Waals surface area contributed by atoms with Gasteiger partial charge in [-0.15, -0.1) is 0 Å². The standard InChI is InChI=1S/C17H13Cl2NO2/c1-10(13-7-14(18)15(19)8-17(13)22)20-6-5-12-11(9-21)3-2-4-16(12)20/h2-10,22H,1H3. The highest BCUT2D eigenvalue weighted by Crippen LogP contribution is 2.36. The Kier molecular flexibility index (Phi) is 3.85. The van der Waals surface area contributed by atoms with E-state index in [9.17, 15) is 9.90 Å². The van der Waals surface area contributed by atoms with Gasteiger partial charge in [-0.3, -0.25) is 4.79 Å². The molecule has 1 unspecified atom stereocenters. The molecule has 3 aromatic rings. The number of hydrogen-bond donors (Lipinski definition) is 1. The Bertz CT molecular complexity index is 870. The number of rotatable bonds is 3. The predicted octanol–water partition coefficient (Wildman–Crippen LogP) is 5.08. The summed E-state index contributed by atoms with van der Waals surface area (Å²) in [6.45, 7) is 1.95. The summed E-state index contributed by atoms with van der Waals surface area (Å²) in [7, 11) is 0. The van der Waals surface area contributed by atoms with Crippen molar-refractivity contribution in [1.82, 2.24) is 4.57 Å². The van der Waals surface area contributed by atoms with E-state index in [0.29, 0.717) is 21.2 Å². The maximum Gasteiger partial charge on any atom is 0.150 e. The first-order valence-corrected chi connectivity index (χ1v) is 7.51. The summed E-state index contributed by atoms with van der Waals surface area (Å²) in [5.41, 5.74) is 2.23. The molecular formula is C17H13Cl2NO2. The van der Waals surface area contributed by atoms with Crippen LogP contribution in [-0.2, 0) is 0 Å². The number of hydrogen-bond acceptors (Lipinski definition) is 2. The zero-order valence-electron chi connectivity index (χ0n) is 11.8. The van der Waals surface area contributed by atoms with Crippen LogP contribution in [0.5, 0.6) is 5.75 Å². The molecule has 2 aromatic carbocycles. The SMILES string of the molecule is CC(c1cc(Cl)c(Cl)cc1O)n1ccc2c(C=O)cccc21. The largest absolute Gasteiger partial charge is 0.508 e. The minimum atomic E-state index is -0.158. The molecule has 3 nitrogen and oxygen atoms in total. The van der Waals surface area contributed by atoms with Crippen molar-refractivity contribution in [1.29, 1.82) is 0 Å². The number of aromatic nitrogens is 1. The average molecular weight is 334 g/mol. The molecule has 1 atom stereocenters. The molecule has 0 aliphatic rings. The van der Waals surface area contributed by atoms with Gasteiger partial charge in [0.05, 0.1) is 16.1 Å². The van der Waals surface area contributed by atoms with E-state index in [2.05, 4.69) is 0 Å². The number of benzene rings is 2. The number of carbonyl (C=O) groups is 1. The Hall–Kier alpha value is -1.97. The number of halogens is 2. The molecule has 0 fully saturated rings. The average Bonchev–Trinajstić information content (AvgIpc) is 2.94. The monoisotopic (exact) mass is 333 g/mol. The topological polar surface area (TPSA) is 42.2 Å². The van der Waals surface area contributed by atoms with Gasteiger partial charge in [0, 0.05) is 34.3 Å². The number of phenols is 1. The zero-order chi connectivity index (χ0) is 15.9. The van der Waals surface area contributed by atoms with E-state index in [1.165, 1.54) is 6.07 Å². The Morgan fingerprint density at radius 3 is 2.64 bits per heavy atom. The van der Waals surface area contributed by atoms with E-state index in [0.717, 1.165) is 17.2 Å². The maximum atomic E-state index is 11.1. The summed E-state index contributed by atoms with van der Waals surface area (Å²) in [5.74, 6) is 0.0929. The van der Waals surface area contributed by atoms with Crippen molar-refractivity contribution in [3.05, 3.63) is 63.8 Å². The van der Waals surface area contributed by atoms with Crippen LogP contribution in [-0.4, -0.2) is 16.0 Å². The van der Waals surface area contributed by atoms with Gasteiger partial charge in [-0.2, -0.15) is 0 Å². The molecule has 22 heavy (non-hydrogen) atoms.